The molecular formula is C14H18N4O4. The number of nitrogens with two attached hydrogens (primary N) is 1. The fourth-order valence-corrected chi connectivity index (χ4v) is 2.59. The van der Waals surface area contributed by atoms with Gasteiger partial charge in [-0.3, -0.25) is 19.7 Å². The van der Waals surface area contributed by atoms with Crippen LogP contribution >= 0.6 is 0 Å². The SMILES string of the molecule is NC(=O)[C@@H]1CCCN1C(=O)CCNc1ccccc1[N+](=O)[O-]. The molecule has 22 heavy (non-hydrogen) atoms. The third-order valence-corrected chi connectivity index (χ3v) is 3.66. The maximum Gasteiger partial charge on any atom is 0.292 e. The van der Waals surface area contributed by atoms with Crippen molar-refractivity contribution in [2.45, 2.75) is 25.3 Å². The van der Waals surface area contributed by atoms with Gasteiger partial charge in [-0.15, -0.1) is 0 Å². The first-order valence-corrected chi connectivity index (χ1v) is 7.07. The van der Waals surface area contributed by atoms with Crippen LogP contribution in [0.1, 0.15) is 19.3 Å². The Kier molecular flexibility index (Phi) is 4.92. The highest BCUT2D eigenvalue weighted by Gasteiger charge is 2.32. The minimum absolute atomic E-state index is 0.0360. The number of hydrogen-bond donors (Lipinski definition) is 2. The summed E-state index contributed by atoms with van der Waals surface area (Å²) < 4.78 is 0. The van der Waals surface area contributed by atoms with Gasteiger partial charge in [0.05, 0.1) is 4.92 Å². The lowest BCUT2D eigenvalue weighted by Gasteiger charge is -2.22. The first-order valence-electron chi connectivity index (χ1n) is 7.07. The number of primary amides is 1. The number of hydrogen-bond acceptors (Lipinski definition) is 5. The zero-order chi connectivity index (χ0) is 16.1. The van der Waals surface area contributed by atoms with Gasteiger partial charge in [0.25, 0.3) is 5.69 Å². The molecule has 0 aromatic heterocycles. The largest absolute Gasteiger partial charge is 0.379 e. The number of likely N-dealkylation sites (tertiary alicyclic amines) is 1. The van der Waals surface area contributed by atoms with E-state index in [0.717, 1.165) is 6.42 Å². The van der Waals surface area contributed by atoms with Crippen molar-refractivity contribution in [3.05, 3.63) is 34.4 Å². The molecule has 2 amide bonds. The summed E-state index contributed by atoms with van der Waals surface area (Å²) in [5, 5.41) is 13.8. The zero-order valence-corrected chi connectivity index (χ0v) is 12.0. The van der Waals surface area contributed by atoms with E-state index in [1.54, 1.807) is 18.2 Å². The topological polar surface area (TPSA) is 119 Å². The van der Waals surface area contributed by atoms with Crippen LogP contribution in [-0.4, -0.2) is 40.8 Å². The summed E-state index contributed by atoms with van der Waals surface area (Å²) in [7, 11) is 0. The Balaban J connectivity index is 1.90. The number of para-hydroxylation sites is 2. The van der Waals surface area contributed by atoms with Crippen molar-refractivity contribution >= 4 is 23.2 Å². The van der Waals surface area contributed by atoms with E-state index in [4.69, 9.17) is 5.73 Å². The number of amides is 2. The monoisotopic (exact) mass is 306 g/mol. The molecule has 0 unspecified atom stereocenters. The minimum atomic E-state index is -0.529. The summed E-state index contributed by atoms with van der Waals surface area (Å²) in [6, 6.07) is 5.72. The van der Waals surface area contributed by atoms with Crippen molar-refractivity contribution in [3.63, 3.8) is 0 Å². The van der Waals surface area contributed by atoms with Gasteiger partial charge >= 0.3 is 0 Å². The van der Waals surface area contributed by atoms with Crippen molar-refractivity contribution in [1.82, 2.24) is 4.90 Å². The van der Waals surface area contributed by atoms with Gasteiger partial charge in [0, 0.05) is 25.6 Å². The molecule has 118 valence electrons. The number of anilines is 1. The van der Waals surface area contributed by atoms with Gasteiger partial charge in [-0.05, 0) is 18.9 Å². The normalized spacial score (nSPS) is 17.3. The Morgan fingerprint density at radius 1 is 1.41 bits per heavy atom. The quantitative estimate of drug-likeness (QED) is 0.597. The summed E-state index contributed by atoms with van der Waals surface area (Å²) >= 11 is 0. The first-order chi connectivity index (χ1) is 10.5. The maximum absolute atomic E-state index is 12.1. The summed E-state index contributed by atoms with van der Waals surface area (Å²) in [5.74, 6) is -0.662. The van der Waals surface area contributed by atoms with Crippen molar-refractivity contribution < 1.29 is 14.5 Å². The second kappa shape index (κ2) is 6.88. The number of nitrogens with zero attached hydrogens (tertiary/aromatic N) is 2. The zero-order valence-electron chi connectivity index (χ0n) is 12.0. The molecule has 1 heterocycles. The molecule has 0 radical (unpaired) electrons. The molecule has 1 saturated heterocycles. The molecule has 8 nitrogen and oxygen atoms in total. The molecule has 1 aromatic rings. The van der Waals surface area contributed by atoms with Crippen molar-refractivity contribution in [3.8, 4) is 0 Å². The molecular weight excluding hydrogens is 288 g/mol. The van der Waals surface area contributed by atoms with Crippen LogP contribution in [0.2, 0.25) is 0 Å². The Bertz CT molecular complexity index is 590. The molecule has 3 N–H and O–H groups in total. The number of nitro benzene ring substituents is 1. The van der Waals surface area contributed by atoms with E-state index in [1.807, 2.05) is 0 Å². The molecule has 0 saturated carbocycles. The summed E-state index contributed by atoms with van der Waals surface area (Å²) in [4.78, 5) is 35.3. The van der Waals surface area contributed by atoms with Crippen LogP contribution in [0.3, 0.4) is 0 Å². The third kappa shape index (κ3) is 3.51. The molecule has 8 heteroatoms. The average molecular weight is 306 g/mol. The highest BCUT2D eigenvalue weighted by molar-refractivity contribution is 5.87. The van der Waals surface area contributed by atoms with Gasteiger partial charge in [-0.2, -0.15) is 0 Å². The molecule has 0 bridgehead atoms. The Morgan fingerprint density at radius 3 is 2.82 bits per heavy atom. The summed E-state index contributed by atoms with van der Waals surface area (Å²) in [6.07, 6.45) is 1.51. The van der Waals surface area contributed by atoms with Gasteiger partial charge < -0.3 is 16.0 Å². The van der Waals surface area contributed by atoms with Gasteiger partial charge in [0.15, 0.2) is 0 Å². The number of nitrogens with one attached hydrogen (secondary N) is 1. The molecule has 1 fully saturated rings. The fourth-order valence-electron chi connectivity index (χ4n) is 2.59. The Morgan fingerprint density at radius 2 is 2.14 bits per heavy atom. The maximum atomic E-state index is 12.1. The van der Waals surface area contributed by atoms with Gasteiger partial charge in [0.2, 0.25) is 11.8 Å². The van der Waals surface area contributed by atoms with E-state index in [0.29, 0.717) is 18.7 Å². The summed E-state index contributed by atoms with van der Waals surface area (Å²) in [6.45, 7) is 0.781. The highest BCUT2D eigenvalue weighted by Crippen LogP contribution is 2.23. The second-order valence-electron chi connectivity index (χ2n) is 5.10. The average Bonchev–Trinajstić information content (AvgIpc) is 2.97. The van der Waals surface area contributed by atoms with Crippen molar-refractivity contribution in [2.75, 3.05) is 18.4 Å². The van der Waals surface area contributed by atoms with Gasteiger partial charge in [0.1, 0.15) is 11.7 Å². The van der Waals surface area contributed by atoms with E-state index in [9.17, 15) is 19.7 Å². The van der Waals surface area contributed by atoms with Crippen molar-refractivity contribution in [2.24, 2.45) is 5.73 Å². The lowest BCUT2D eigenvalue weighted by molar-refractivity contribution is -0.384. The Hall–Kier alpha value is -2.64. The molecule has 0 spiro atoms. The van der Waals surface area contributed by atoms with Crippen LogP contribution in [0.15, 0.2) is 24.3 Å². The van der Waals surface area contributed by atoms with Crippen LogP contribution in [0.4, 0.5) is 11.4 Å². The second-order valence-corrected chi connectivity index (χ2v) is 5.10. The first kappa shape index (κ1) is 15.7. The van der Waals surface area contributed by atoms with E-state index >= 15 is 0 Å². The van der Waals surface area contributed by atoms with Gasteiger partial charge in [-0.1, -0.05) is 12.1 Å². The fraction of sp³-hybridized carbons (Fsp3) is 0.429. The lowest BCUT2D eigenvalue weighted by Crippen LogP contribution is -2.44. The predicted molar refractivity (Wildman–Crippen MR) is 80.1 cm³/mol. The smallest absolute Gasteiger partial charge is 0.292 e. The number of carbonyl (C=O) groups is 2. The van der Waals surface area contributed by atoms with Crippen molar-refractivity contribution in [1.29, 1.82) is 0 Å². The standard InChI is InChI=1S/C14H18N4O4/c15-14(20)12-6-3-9-17(12)13(19)7-8-16-10-4-1-2-5-11(10)18(21)22/h1-2,4-5,12,16H,3,6-9H2,(H2,15,20)/t12-/m0/s1. The molecule has 2 rings (SSSR count). The van der Waals surface area contributed by atoms with Crippen LogP contribution in [0, 0.1) is 10.1 Å². The summed E-state index contributed by atoms with van der Waals surface area (Å²) in [5.41, 5.74) is 5.61. The van der Waals surface area contributed by atoms with Gasteiger partial charge in [-0.25, -0.2) is 0 Å². The molecule has 1 aliphatic rings. The Labute approximate surface area is 127 Å². The molecule has 1 aromatic carbocycles. The minimum Gasteiger partial charge on any atom is -0.379 e. The number of carbonyl (C=O) groups excluding carboxylic acids is 2. The van der Waals surface area contributed by atoms with E-state index in [-0.39, 0.29) is 24.6 Å². The van der Waals surface area contributed by atoms with Crippen LogP contribution < -0.4 is 11.1 Å². The van der Waals surface area contributed by atoms with Crippen LogP contribution in [-0.2, 0) is 9.59 Å². The van der Waals surface area contributed by atoms with E-state index in [1.165, 1.54) is 11.0 Å². The predicted octanol–water partition coefficient (Wildman–Crippen LogP) is 0.873. The van der Waals surface area contributed by atoms with E-state index in [2.05, 4.69) is 5.32 Å². The number of nitro groups is 1. The van der Waals surface area contributed by atoms with Crippen LogP contribution in [0.25, 0.3) is 0 Å². The lowest BCUT2D eigenvalue weighted by atomic mass is 10.2. The van der Waals surface area contributed by atoms with E-state index < -0.39 is 16.9 Å². The van der Waals surface area contributed by atoms with Crippen LogP contribution in [0.5, 0.6) is 0 Å². The molecule has 1 aliphatic heterocycles. The molecule has 1 atom stereocenters. The highest BCUT2D eigenvalue weighted by atomic mass is 16.6. The number of benzene rings is 1. The molecule has 0 aliphatic carbocycles. The third-order valence-electron chi connectivity index (χ3n) is 3.66. The number of rotatable bonds is 6.